The highest BCUT2D eigenvalue weighted by Gasteiger charge is 2.32. The summed E-state index contributed by atoms with van der Waals surface area (Å²) in [7, 11) is -4.02. The number of benzene rings is 3. The lowest BCUT2D eigenvalue weighted by Crippen LogP contribution is -2.56. The van der Waals surface area contributed by atoms with Crippen LogP contribution < -0.4 is 16.2 Å². The van der Waals surface area contributed by atoms with Crippen molar-refractivity contribution >= 4 is 32.6 Å². The summed E-state index contributed by atoms with van der Waals surface area (Å²) in [6.45, 7) is 2.97. The highest BCUT2D eigenvalue weighted by atomic mass is 32.2. The largest absolute Gasteiger partial charge is 0.339 e. The van der Waals surface area contributed by atoms with Gasteiger partial charge in [-0.15, -0.1) is 0 Å². The predicted molar refractivity (Wildman–Crippen MR) is 138 cm³/mol. The smallest absolute Gasteiger partial charge is 0.241 e. The van der Waals surface area contributed by atoms with Crippen LogP contribution in [-0.4, -0.2) is 62.3 Å². The summed E-state index contributed by atoms with van der Waals surface area (Å²) in [6, 6.07) is 18.5. The Morgan fingerprint density at radius 3 is 2.22 bits per heavy atom. The molecule has 36 heavy (non-hydrogen) atoms. The van der Waals surface area contributed by atoms with Gasteiger partial charge in [-0.25, -0.2) is 8.42 Å². The van der Waals surface area contributed by atoms with Crippen LogP contribution in [0.1, 0.15) is 24.2 Å². The summed E-state index contributed by atoms with van der Waals surface area (Å²) in [5.74, 6) is -0.393. The van der Waals surface area contributed by atoms with E-state index in [0.717, 1.165) is 16.3 Å². The lowest BCUT2D eigenvalue weighted by molar-refractivity contribution is -0.139. The zero-order valence-electron chi connectivity index (χ0n) is 20.1. The van der Waals surface area contributed by atoms with Crippen molar-refractivity contribution in [1.29, 1.82) is 0 Å². The number of nitrogens with one attached hydrogen (secondary N) is 1. The van der Waals surface area contributed by atoms with E-state index in [1.165, 1.54) is 13.0 Å². The predicted octanol–water partition coefficient (Wildman–Crippen LogP) is 1.34. The molecule has 1 saturated heterocycles. The molecule has 4 rings (SSSR count). The quantitative estimate of drug-likeness (QED) is 0.411. The number of hydrogen-bond acceptors (Lipinski definition) is 6. The number of piperazine rings is 1. The number of sulfonamides is 1. The maximum atomic E-state index is 13.6. The van der Waals surface area contributed by atoms with E-state index in [2.05, 4.69) is 4.72 Å². The molecule has 1 aliphatic heterocycles. The van der Waals surface area contributed by atoms with Crippen molar-refractivity contribution in [2.24, 2.45) is 11.5 Å². The van der Waals surface area contributed by atoms with E-state index in [1.54, 1.807) is 40.1 Å². The molecule has 0 aromatic heterocycles. The zero-order valence-corrected chi connectivity index (χ0v) is 20.9. The molecule has 9 nitrogen and oxygen atoms in total. The van der Waals surface area contributed by atoms with Crippen molar-refractivity contribution in [2.45, 2.75) is 30.4 Å². The first-order valence-electron chi connectivity index (χ1n) is 11.8. The Morgan fingerprint density at radius 2 is 1.56 bits per heavy atom. The van der Waals surface area contributed by atoms with Gasteiger partial charge in [-0.05, 0) is 40.5 Å². The van der Waals surface area contributed by atoms with Crippen LogP contribution in [0.5, 0.6) is 0 Å². The van der Waals surface area contributed by atoms with Gasteiger partial charge in [-0.1, -0.05) is 54.6 Å². The molecule has 5 N–H and O–H groups in total. The molecule has 190 valence electrons. The first kappa shape index (κ1) is 25.8. The highest BCUT2D eigenvalue weighted by Crippen LogP contribution is 2.20. The molecule has 1 fully saturated rings. The second kappa shape index (κ2) is 10.8. The number of rotatable bonds is 7. The maximum absolute atomic E-state index is 13.6. The summed E-state index contributed by atoms with van der Waals surface area (Å²) in [5, 5.41) is 1.70. The average Bonchev–Trinajstić information content (AvgIpc) is 2.87. The SMILES string of the molecule is CC(=O)N1CCN(C(=O)C(Cc2cccc(C(N)N)c2)NS(=O)(=O)c2ccc3ccccc3c2)CC1. The first-order chi connectivity index (χ1) is 17.1. The Hall–Kier alpha value is -3.31. The van der Waals surface area contributed by atoms with Gasteiger partial charge in [-0.2, -0.15) is 4.72 Å². The van der Waals surface area contributed by atoms with Gasteiger partial charge in [-0.3, -0.25) is 9.59 Å². The second-order valence-electron chi connectivity index (χ2n) is 8.99. The maximum Gasteiger partial charge on any atom is 0.241 e. The van der Waals surface area contributed by atoms with Crippen LogP contribution in [0, 0.1) is 0 Å². The van der Waals surface area contributed by atoms with Crippen LogP contribution in [0.15, 0.2) is 71.6 Å². The molecule has 3 aromatic carbocycles. The number of hydrogen-bond donors (Lipinski definition) is 3. The molecular weight excluding hydrogens is 478 g/mol. The lowest BCUT2D eigenvalue weighted by Gasteiger charge is -2.36. The molecule has 1 unspecified atom stereocenters. The fraction of sp³-hybridized carbons (Fsp3) is 0.308. The third kappa shape index (κ3) is 5.90. The van der Waals surface area contributed by atoms with Crippen LogP contribution in [0.4, 0.5) is 0 Å². The standard InChI is InChI=1S/C26H31N5O4S/c1-18(32)30-11-13-31(14-12-30)26(33)24(16-19-5-4-8-22(15-19)25(27)28)29-36(34,35)23-10-9-20-6-2-3-7-21(20)17-23/h2-10,15,17,24-25,29H,11-14,16,27-28H2,1H3. The first-order valence-corrected chi connectivity index (χ1v) is 13.3. The molecule has 0 aliphatic carbocycles. The Balaban J connectivity index is 1.62. The molecule has 10 heteroatoms. The molecule has 2 amide bonds. The summed E-state index contributed by atoms with van der Waals surface area (Å²) in [5.41, 5.74) is 13.0. The number of carbonyl (C=O) groups excluding carboxylic acids is 2. The number of fused-ring (bicyclic) bond motifs is 1. The van der Waals surface area contributed by atoms with Gasteiger partial charge in [0, 0.05) is 33.1 Å². The fourth-order valence-corrected chi connectivity index (χ4v) is 5.62. The fourth-order valence-electron chi connectivity index (χ4n) is 4.39. The average molecular weight is 510 g/mol. The molecular formula is C26H31N5O4S. The van der Waals surface area contributed by atoms with Crippen molar-refractivity contribution in [1.82, 2.24) is 14.5 Å². The van der Waals surface area contributed by atoms with Crippen molar-refractivity contribution in [3.05, 3.63) is 77.9 Å². The number of nitrogens with zero attached hydrogens (tertiary/aromatic N) is 2. The van der Waals surface area contributed by atoms with Gasteiger partial charge in [0.1, 0.15) is 6.04 Å². The van der Waals surface area contributed by atoms with Crippen LogP contribution in [-0.2, 0) is 26.0 Å². The van der Waals surface area contributed by atoms with E-state index >= 15 is 0 Å². The topological polar surface area (TPSA) is 139 Å². The molecule has 0 saturated carbocycles. The Morgan fingerprint density at radius 1 is 0.889 bits per heavy atom. The van der Waals surface area contributed by atoms with Gasteiger partial charge in [0.05, 0.1) is 11.1 Å². The van der Waals surface area contributed by atoms with Gasteiger partial charge in [0.25, 0.3) is 0 Å². The summed E-state index contributed by atoms with van der Waals surface area (Å²) in [6.07, 6.45) is -0.563. The van der Waals surface area contributed by atoms with E-state index in [-0.39, 0.29) is 23.1 Å². The van der Waals surface area contributed by atoms with Crippen molar-refractivity contribution < 1.29 is 18.0 Å². The number of carbonyl (C=O) groups is 2. The van der Waals surface area contributed by atoms with E-state index in [4.69, 9.17) is 11.5 Å². The van der Waals surface area contributed by atoms with E-state index in [1.807, 2.05) is 30.3 Å². The third-order valence-corrected chi connectivity index (χ3v) is 7.91. The van der Waals surface area contributed by atoms with Crippen LogP contribution in [0.3, 0.4) is 0 Å². The van der Waals surface area contributed by atoms with Gasteiger partial charge < -0.3 is 21.3 Å². The van der Waals surface area contributed by atoms with Gasteiger partial charge >= 0.3 is 0 Å². The second-order valence-corrected chi connectivity index (χ2v) is 10.7. The minimum Gasteiger partial charge on any atom is -0.339 e. The van der Waals surface area contributed by atoms with E-state index in [0.29, 0.717) is 31.7 Å². The minimum absolute atomic E-state index is 0.0504. The summed E-state index contributed by atoms with van der Waals surface area (Å²) >= 11 is 0. The molecule has 0 spiro atoms. The van der Waals surface area contributed by atoms with Crippen LogP contribution >= 0.6 is 0 Å². The zero-order chi connectivity index (χ0) is 25.9. The van der Waals surface area contributed by atoms with Gasteiger partial charge in [0.2, 0.25) is 21.8 Å². The van der Waals surface area contributed by atoms with E-state index < -0.39 is 22.2 Å². The number of amides is 2. The van der Waals surface area contributed by atoms with Crippen molar-refractivity contribution in [3.8, 4) is 0 Å². The molecule has 1 aliphatic rings. The third-order valence-electron chi connectivity index (χ3n) is 6.44. The highest BCUT2D eigenvalue weighted by molar-refractivity contribution is 7.89. The van der Waals surface area contributed by atoms with Crippen molar-refractivity contribution in [2.75, 3.05) is 26.2 Å². The molecule has 0 bridgehead atoms. The summed E-state index contributed by atoms with van der Waals surface area (Å²) < 4.78 is 29.5. The lowest BCUT2D eigenvalue weighted by atomic mass is 10.0. The molecule has 1 atom stereocenters. The molecule has 1 heterocycles. The Labute approximate surface area is 211 Å². The summed E-state index contributed by atoms with van der Waals surface area (Å²) in [4.78, 5) is 28.6. The Kier molecular flexibility index (Phi) is 7.70. The van der Waals surface area contributed by atoms with E-state index in [9.17, 15) is 18.0 Å². The van der Waals surface area contributed by atoms with Crippen LogP contribution in [0.2, 0.25) is 0 Å². The van der Waals surface area contributed by atoms with Crippen molar-refractivity contribution in [3.63, 3.8) is 0 Å². The molecule has 0 radical (unpaired) electrons. The monoisotopic (exact) mass is 509 g/mol. The molecule has 3 aromatic rings. The van der Waals surface area contributed by atoms with Crippen LogP contribution in [0.25, 0.3) is 10.8 Å². The van der Waals surface area contributed by atoms with Gasteiger partial charge in [0.15, 0.2) is 0 Å². The minimum atomic E-state index is -4.02. The normalized spacial score (nSPS) is 15.3. The Bertz CT molecular complexity index is 1370. The number of nitrogens with two attached hydrogens (primary N) is 2.